The Morgan fingerprint density at radius 1 is 1.12 bits per heavy atom. The normalized spacial score (nSPS) is 25.7. The van der Waals surface area contributed by atoms with E-state index in [1.165, 1.54) is 24.3 Å². The van der Waals surface area contributed by atoms with E-state index in [9.17, 15) is 18.5 Å². The van der Waals surface area contributed by atoms with Gasteiger partial charge in [-0.3, -0.25) is 0 Å². The minimum atomic E-state index is -3.83. The maximum Gasteiger partial charge on any atom is 0.183 e. The summed E-state index contributed by atoms with van der Waals surface area (Å²) < 4.78 is 25.9. The standard InChI is InChI=1S/C18H14ClNO3S/c1-12-2-4-13(5-3-12)16-17(18(16,10-20)11-21)24(22,23)15-8-6-14(19)7-9-15/h2-9,11,16-17H,1H3/t16-,17-,18-/m0/s1. The molecule has 0 aromatic heterocycles. The Kier molecular flexibility index (Phi) is 3.98. The van der Waals surface area contributed by atoms with Crippen molar-refractivity contribution in [1.29, 1.82) is 5.26 Å². The summed E-state index contributed by atoms with van der Waals surface area (Å²) in [5.74, 6) is -0.665. The second kappa shape index (κ2) is 5.73. The molecule has 0 saturated heterocycles. The highest BCUT2D eigenvalue weighted by molar-refractivity contribution is 7.92. The number of aryl methyl sites for hydroxylation is 1. The average molecular weight is 360 g/mol. The molecule has 1 saturated carbocycles. The molecular formula is C18H14ClNO3S. The van der Waals surface area contributed by atoms with E-state index >= 15 is 0 Å². The molecule has 24 heavy (non-hydrogen) atoms. The number of nitriles is 1. The lowest BCUT2D eigenvalue weighted by atomic mass is 10.0. The van der Waals surface area contributed by atoms with Crippen LogP contribution in [0.15, 0.2) is 53.4 Å². The maximum atomic E-state index is 12.9. The number of benzene rings is 2. The molecule has 1 fully saturated rings. The third-order valence-electron chi connectivity index (χ3n) is 4.48. The Labute approximate surface area is 145 Å². The van der Waals surface area contributed by atoms with Crippen molar-refractivity contribution in [2.24, 2.45) is 5.41 Å². The summed E-state index contributed by atoms with van der Waals surface area (Å²) in [5, 5.41) is 8.83. The fraction of sp³-hybridized carbons (Fsp3) is 0.222. The van der Waals surface area contributed by atoms with Gasteiger partial charge in [0.1, 0.15) is 17.0 Å². The molecule has 0 heterocycles. The van der Waals surface area contributed by atoms with Gasteiger partial charge in [-0.1, -0.05) is 41.4 Å². The molecule has 3 atom stereocenters. The van der Waals surface area contributed by atoms with E-state index < -0.39 is 26.4 Å². The molecule has 0 unspecified atom stereocenters. The van der Waals surface area contributed by atoms with E-state index in [1.807, 2.05) is 25.1 Å². The van der Waals surface area contributed by atoms with Crippen molar-refractivity contribution < 1.29 is 13.2 Å². The zero-order valence-electron chi connectivity index (χ0n) is 12.8. The van der Waals surface area contributed by atoms with Crippen LogP contribution in [0.4, 0.5) is 0 Å². The topological polar surface area (TPSA) is 75.0 Å². The lowest BCUT2D eigenvalue weighted by Gasteiger charge is -2.04. The van der Waals surface area contributed by atoms with Gasteiger partial charge in [-0.15, -0.1) is 0 Å². The molecule has 2 aromatic rings. The molecule has 122 valence electrons. The van der Waals surface area contributed by atoms with E-state index in [2.05, 4.69) is 0 Å². The van der Waals surface area contributed by atoms with Crippen LogP contribution in [0.3, 0.4) is 0 Å². The Morgan fingerprint density at radius 3 is 2.21 bits per heavy atom. The maximum absolute atomic E-state index is 12.9. The Morgan fingerprint density at radius 2 is 1.71 bits per heavy atom. The minimum absolute atomic E-state index is 0.0630. The smallest absolute Gasteiger partial charge is 0.183 e. The number of sulfone groups is 1. The van der Waals surface area contributed by atoms with Gasteiger partial charge in [0.05, 0.1) is 11.0 Å². The van der Waals surface area contributed by atoms with E-state index in [0.717, 1.165) is 5.56 Å². The van der Waals surface area contributed by atoms with Crippen LogP contribution in [-0.2, 0) is 14.6 Å². The van der Waals surface area contributed by atoms with Crippen LogP contribution in [0.2, 0.25) is 5.02 Å². The number of rotatable bonds is 4. The summed E-state index contributed by atoms with van der Waals surface area (Å²) in [6.45, 7) is 1.91. The number of aldehydes is 1. The van der Waals surface area contributed by atoms with Gasteiger partial charge in [0.2, 0.25) is 0 Å². The SMILES string of the molecule is Cc1ccc([C@H]2[C@H](S(=O)(=O)c3ccc(Cl)cc3)[C@@]2(C#N)C=O)cc1. The van der Waals surface area contributed by atoms with Gasteiger partial charge in [-0.2, -0.15) is 5.26 Å². The van der Waals surface area contributed by atoms with Crippen LogP contribution in [0.1, 0.15) is 17.0 Å². The average Bonchev–Trinajstić information content (AvgIpc) is 3.26. The van der Waals surface area contributed by atoms with Gasteiger partial charge >= 0.3 is 0 Å². The third kappa shape index (κ3) is 2.43. The molecule has 2 aromatic carbocycles. The molecule has 0 N–H and O–H groups in total. The molecular weight excluding hydrogens is 346 g/mol. The van der Waals surface area contributed by atoms with Gasteiger partial charge in [-0.25, -0.2) is 8.42 Å². The number of nitrogens with zero attached hydrogens (tertiary/aromatic N) is 1. The van der Waals surface area contributed by atoms with Gasteiger partial charge in [-0.05, 0) is 36.8 Å². The van der Waals surface area contributed by atoms with Crippen LogP contribution in [-0.4, -0.2) is 20.0 Å². The highest BCUT2D eigenvalue weighted by Crippen LogP contribution is 2.62. The monoisotopic (exact) mass is 359 g/mol. The first-order valence-electron chi connectivity index (χ1n) is 7.30. The van der Waals surface area contributed by atoms with Crippen molar-refractivity contribution in [2.75, 3.05) is 0 Å². The van der Waals surface area contributed by atoms with Gasteiger partial charge in [0.25, 0.3) is 0 Å². The van der Waals surface area contributed by atoms with Crippen LogP contribution < -0.4 is 0 Å². The number of carbonyl (C=O) groups excluding carboxylic acids is 1. The first-order chi connectivity index (χ1) is 11.4. The first kappa shape index (κ1) is 16.7. The van der Waals surface area contributed by atoms with E-state index in [1.54, 1.807) is 12.1 Å². The quantitative estimate of drug-likeness (QED) is 0.785. The fourth-order valence-corrected chi connectivity index (χ4v) is 5.47. The van der Waals surface area contributed by atoms with Crippen molar-refractivity contribution in [3.63, 3.8) is 0 Å². The van der Waals surface area contributed by atoms with Gasteiger partial charge < -0.3 is 4.79 Å². The summed E-state index contributed by atoms with van der Waals surface area (Å²) in [5.41, 5.74) is 0.148. The molecule has 0 bridgehead atoms. The third-order valence-corrected chi connectivity index (χ3v) is 6.99. The van der Waals surface area contributed by atoms with Crippen molar-refractivity contribution in [3.05, 3.63) is 64.7 Å². The van der Waals surface area contributed by atoms with Crippen LogP contribution >= 0.6 is 11.6 Å². The van der Waals surface area contributed by atoms with Crippen molar-refractivity contribution in [3.8, 4) is 6.07 Å². The number of halogens is 1. The molecule has 0 aliphatic heterocycles. The molecule has 0 radical (unpaired) electrons. The van der Waals surface area contributed by atoms with E-state index in [4.69, 9.17) is 11.6 Å². The molecule has 1 aliphatic rings. The minimum Gasteiger partial charge on any atom is -0.302 e. The number of hydrogen-bond donors (Lipinski definition) is 0. The molecule has 3 rings (SSSR count). The van der Waals surface area contributed by atoms with Crippen molar-refractivity contribution in [1.82, 2.24) is 0 Å². The molecule has 1 aliphatic carbocycles. The highest BCUT2D eigenvalue weighted by Gasteiger charge is 2.72. The summed E-state index contributed by atoms with van der Waals surface area (Å²) >= 11 is 5.80. The first-order valence-corrected chi connectivity index (χ1v) is 9.23. The molecule has 6 heteroatoms. The van der Waals surface area contributed by atoms with Crippen molar-refractivity contribution >= 4 is 27.7 Å². The predicted molar refractivity (Wildman–Crippen MR) is 90.5 cm³/mol. The Bertz CT molecular complexity index is 930. The lowest BCUT2D eigenvalue weighted by Crippen LogP contribution is -2.16. The van der Waals surface area contributed by atoms with E-state index in [-0.39, 0.29) is 4.90 Å². The van der Waals surface area contributed by atoms with Crippen LogP contribution in [0.25, 0.3) is 0 Å². The highest BCUT2D eigenvalue weighted by atomic mass is 35.5. The Hall–Kier alpha value is -2.16. The molecule has 0 amide bonds. The Balaban J connectivity index is 2.08. The van der Waals surface area contributed by atoms with E-state index in [0.29, 0.717) is 16.9 Å². The van der Waals surface area contributed by atoms with Crippen LogP contribution in [0.5, 0.6) is 0 Å². The largest absolute Gasteiger partial charge is 0.302 e. The van der Waals surface area contributed by atoms with Gasteiger partial charge in [0, 0.05) is 10.9 Å². The summed E-state index contributed by atoms with van der Waals surface area (Å²) in [6, 6.07) is 14.9. The van der Waals surface area contributed by atoms with Crippen LogP contribution in [0, 0.1) is 23.7 Å². The summed E-state index contributed by atoms with van der Waals surface area (Å²) in [6.07, 6.45) is 0.468. The number of carbonyl (C=O) groups is 1. The summed E-state index contributed by atoms with van der Waals surface area (Å²) in [7, 11) is -3.83. The second-order valence-corrected chi connectivity index (χ2v) is 8.48. The zero-order valence-corrected chi connectivity index (χ0v) is 14.4. The summed E-state index contributed by atoms with van der Waals surface area (Å²) in [4.78, 5) is 11.7. The lowest BCUT2D eigenvalue weighted by molar-refractivity contribution is -0.110. The zero-order chi connectivity index (χ0) is 17.5. The molecule has 4 nitrogen and oxygen atoms in total. The van der Waals surface area contributed by atoms with Crippen molar-refractivity contribution in [2.45, 2.75) is 23.0 Å². The van der Waals surface area contributed by atoms with Gasteiger partial charge in [0.15, 0.2) is 9.84 Å². The predicted octanol–water partition coefficient (Wildman–Crippen LogP) is 3.30. The fourth-order valence-electron chi connectivity index (χ4n) is 3.11. The number of hydrogen-bond acceptors (Lipinski definition) is 4. The molecule has 0 spiro atoms. The second-order valence-electron chi connectivity index (χ2n) is 5.97.